The summed E-state index contributed by atoms with van der Waals surface area (Å²) in [7, 11) is 0. The van der Waals surface area contributed by atoms with Crippen LogP contribution in [0.5, 0.6) is 0 Å². The van der Waals surface area contributed by atoms with E-state index in [9.17, 15) is 5.11 Å². The first-order chi connectivity index (χ1) is 8.22. The highest BCUT2D eigenvalue weighted by atomic mass is 35.5. The zero-order valence-corrected chi connectivity index (χ0v) is 11.0. The van der Waals surface area contributed by atoms with Crippen molar-refractivity contribution in [2.45, 2.75) is 12.8 Å². The van der Waals surface area contributed by atoms with E-state index < -0.39 is 0 Å². The van der Waals surface area contributed by atoms with Crippen molar-refractivity contribution in [3.63, 3.8) is 0 Å². The maximum Gasteiger partial charge on any atom is 0.0660 e. The van der Waals surface area contributed by atoms with Crippen molar-refractivity contribution in [3.05, 3.63) is 39.4 Å². The minimum atomic E-state index is 0.0859. The van der Waals surface area contributed by atoms with Gasteiger partial charge in [0.1, 0.15) is 0 Å². The van der Waals surface area contributed by atoms with E-state index in [1.54, 1.807) is 6.07 Å². The molecule has 1 heterocycles. The average molecular weight is 272 g/mol. The molecular weight excluding hydrogens is 257 g/mol. The summed E-state index contributed by atoms with van der Waals surface area (Å²) >= 11 is 11.9. The Bertz CT molecular complexity index is 443. The lowest BCUT2D eigenvalue weighted by molar-refractivity contribution is 0.328. The number of hydrogen-bond acceptors (Lipinski definition) is 2. The smallest absolute Gasteiger partial charge is 0.0660 e. The molecular formula is C13H15Cl2NO. The zero-order valence-electron chi connectivity index (χ0n) is 9.47. The van der Waals surface area contributed by atoms with E-state index in [0.29, 0.717) is 10.0 Å². The van der Waals surface area contributed by atoms with Crippen LogP contribution in [-0.2, 0) is 0 Å². The second kappa shape index (κ2) is 5.87. The number of aliphatic hydroxyl groups is 1. The van der Waals surface area contributed by atoms with Gasteiger partial charge in [0.15, 0.2) is 0 Å². The molecule has 0 atom stereocenters. The average Bonchev–Trinajstić information content (AvgIpc) is 2.57. The Kier molecular flexibility index (Phi) is 4.46. The van der Waals surface area contributed by atoms with Gasteiger partial charge in [-0.25, -0.2) is 0 Å². The van der Waals surface area contributed by atoms with Crippen molar-refractivity contribution in [3.8, 4) is 0 Å². The van der Waals surface area contributed by atoms with Crippen molar-refractivity contribution in [2.75, 3.05) is 19.7 Å². The molecule has 2 nitrogen and oxygen atoms in total. The molecule has 0 saturated carbocycles. The van der Waals surface area contributed by atoms with Crippen molar-refractivity contribution in [1.29, 1.82) is 0 Å². The number of allylic oxidation sites excluding steroid dienone is 1. The third-order valence-electron chi connectivity index (χ3n) is 3.00. The molecule has 0 spiro atoms. The molecule has 0 radical (unpaired) electrons. The van der Waals surface area contributed by atoms with Gasteiger partial charge in [0.05, 0.1) is 16.7 Å². The predicted octanol–water partition coefficient (Wildman–Crippen LogP) is 3.12. The Morgan fingerprint density at radius 2 is 2.06 bits per heavy atom. The van der Waals surface area contributed by atoms with E-state index in [-0.39, 0.29) is 6.61 Å². The summed E-state index contributed by atoms with van der Waals surface area (Å²) in [5, 5.41) is 13.8. The van der Waals surface area contributed by atoms with E-state index in [4.69, 9.17) is 23.2 Å². The SMILES string of the molecule is OCC1=C(c2ccc(Cl)c(Cl)c2)CCCNC1. The maximum absolute atomic E-state index is 9.41. The summed E-state index contributed by atoms with van der Waals surface area (Å²) in [4.78, 5) is 0. The molecule has 1 aromatic carbocycles. The minimum absolute atomic E-state index is 0.0859. The van der Waals surface area contributed by atoms with Crippen molar-refractivity contribution >= 4 is 28.8 Å². The summed E-state index contributed by atoms with van der Waals surface area (Å²) in [5.74, 6) is 0. The van der Waals surface area contributed by atoms with Crippen LogP contribution >= 0.6 is 23.2 Å². The van der Waals surface area contributed by atoms with Crippen LogP contribution in [-0.4, -0.2) is 24.8 Å². The van der Waals surface area contributed by atoms with E-state index >= 15 is 0 Å². The van der Waals surface area contributed by atoms with Gasteiger partial charge in [-0.2, -0.15) is 0 Å². The van der Waals surface area contributed by atoms with Crippen LogP contribution in [0.4, 0.5) is 0 Å². The molecule has 1 aliphatic heterocycles. The molecule has 2 N–H and O–H groups in total. The number of benzene rings is 1. The summed E-state index contributed by atoms with van der Waals surface area (Å²) in [6, 6.07) is 5.64. The van der Waals surface area contributed by atoms with Crippen molar-refractivity contribution < 1.29 is 5.11 Å². The van der Waals surface area contributed by atoms with Crippen LogP contribution < -0.4 is 5.32 Å². The maximum atomic E-state index is 9.41. The Balaban J connectivity index is 2.40. The Labute approximate surface area is 111 Å². The summed E-state index contributed by atoms with van der Waals surface area (Å²) in [6.07, 6.45) is 2.03. The monoisotopic (exact) mass is 271 g/mol. The van der Waals surface area contributed by atoms with E-state index in [1.807, 2.05) is 12.1 Å². The van der Waals surface area contributed by atoms with Crippen LogP contribution in [0.1, 0.15) is 18.4 Å². The molecule has 0 amide bonds. The van der Waals surface area contributed by atoms with Gasteiger partial charge in [-0.3, -0.25) is 0 Å². The number of hydrogen-bond donors (Lipinski definition) is 2. The van der Waals surface area contributed by atoms with Crippen LogP contribution in [0.2, 0.25) is 10.0 Å². The largest absolute Gasteiger partial charge is 0.392 e. The Hall–Kier alpha value is -0.540. The first-order valence-electron chi connectivity index (χ1n) is 5.70. The molecule has 4 heteroatoms. The van der Waals surface area contributed by atoms with Gasteiger partial charge in [-0.05, 0) is 48.2 Å². The predicted molar refractivity (Wildman–Crippen MR) is 72.6 cm³/mol. The Morgan fingerprint density at radius 3 is 2.76 bits per heavy atom. The third-order valence-corrected chi connectivity index (χ3v) is 3.74. The van der Waals surface area contributed by atoms with E-state index in [1.165, 1.54) is 5.57 Å². The quantitative estimate of drug-likeness (QED) is 0.867. The van der Waals surface area contributed by atoms with Crippen molar-refractivity contribution in [2.24, 2.45) is 0 Å². The summed E-state index contributed by atoms with van der Waals surface area (Å²) in [6.45, 7) is 1.81. The van der Waals surface area contributed by atoms with Crippen LogP contribution in [0, 0.1) is 0 Å². The lowest BCUT2D eigenvalue weighted by atomic mass is 9.97. The summed E-state index contributed by atoms with van der Waals surface area (Å²) < 4.78 is 0. The fraction of sp³-hybridized carbons (Fsp3) is 0.385. The lowest BCUT2D eigenvalue weighted by Gasteiger charge is -2.11. The molecule has 0 unspecified atom stereocenters. The van der Waals surface area contributed by atoms with Gasteiger partial charge < -0.3 is 10.4 Å². The molecule has 0 bridgehead atoms. The van der Waals surface area contributed by atoms with Crippen molar-refractivity contribution in [1.82, 2.24) is 5.32 Å². The third kappa shape index (κ3) is 3.02. The number of nitrogens with one attached hydrogen (secondary N) is 1. The van der Waals surface area contributed by atoms with Crippen LogP contribution in [0.25, 0.3) is 5.57 Å². The molecule has 0 aromatic heterocycles. The van der Waals surface area contributed by atoms with Gasteiger partial charge in [0.2, 0.25) is 0 Å². The van der Waals surface area contributed by atoms with Crippen LogP contribution in [0.15, 0.2) is 23.8 Å². The fourth-order valence-electron chi connectivity index (χ4n) is 2.10. The highest BCUT2D eigenvalue weighted by Gasteiger charge is 2.13. The molecule has 0 aliphatic carbocycles. The van der Waals surface area contributed by atoms with Gasteiger partial charge in [-0.15, -0.1) is 0 Å². The topological polar surface area (TPSA) is 32.3 Å². The molecule has 92 valence electrons. The first kappa shape index (κ1) is 12.9. The lowest BCUT2D eigenvalue weighted by Crippen LogP contribution is -2.17. The molecule has 0 saturated heterocycles. The molecule has 0 fully saturated rings. The van der Waals surface area contributed by atoms with Gasteiger partial charge in [0, 0.05) is 6.54 Å². The molecule has 17 heavy (non-hydrogen) atoms. The second-order valence-corrected chi connectivity index (χ2v) is 4.96. The second-order valence-electron chi connectivity index (χ2n) is 4.15. The zero-order chi connectivity index (χ0) is 12.3. The van der Waals surface area contributed by atoms with E-state index in [2.05, 4.69) is 5.32 Å². The minimum Gasteiger partial charge on any atom is -0.392 e. The molecule has 1 aromatic rings. The standard InChI is InChI=1S/C13H15Cl2NO/c14-12-4-3-9(6-13(12)15)11-2-1-5-16-7-10(11)8-17/h3-4,6,16-17H,1-2,5,7-8H2. The molecule has 2 rings (SSSR count). The summed E-state index contributed by atoms with van der Waals surface area (Å²) in [5.41, 5.74) is 3.30. The Morgan fingerprint density at radius 1 is 1.24 bits per heavy atom. The first-order valence-corrected chi connectivity index (χ1v) is 6.46. The highest BCUT2D eigenvalue weighted by molar-refractivity contribution is 6.42. The number of rotatable bonds is 2. The van der Waals surface area contributed by atoms with Crippen LogP contribution in [0.3, 0.4) is 0 Å². The normalized spacial score (nSPS) is 17.1. The number of halogens is 2. The van der Waals surface area contributed by atoms with Gasteiger partial charge in [-0.1, -0.05) is 29.3 Å². The van der Waals surface area contributed by atoms with Gasteiger partial charge >= 0.3 is 0 Å². The van der Waals surface area contributed by atoms with Gasteiger partial charge in [0.25, 0.3) is 0 Å². The molecule has 1 aliphatic rings. The van der Waals surface area contributed by atoms with E-state index in [0.717, 1.165) is 37.1 Å². The number of aliphatic hydroxyl groups excluding tert-OH is 1. The fourth-order valence-corrected chi connectivity index (χ4v) is 2.39. The highest BCUT2D eigenvalue weighted by Crippen LogP contribution is 2.30.